The highest BCUT2D eigenvalue weighted by molar-refractivity contribution is 5.75. The van der Waals surface area contributed by atoms with Crippen molar-refractivity contribution in [3.05, 3.63) is 67.1 Å². The molecule has 8 nitrogen and oxygen atoms in total. The molecule has 0 aromatic carbocycles. The molecular formula is C20H19N7O. The van der Waals surface area contributed by atoms with Gasteiger partial charge in [-0.25, -0.2) is 19.5 Å². The van der Waals surface area contributed by atoms with Crippen LogP contribution in [-0.2, 0) is 0 Å². The third-order valence-electron chi connectivity index (χ3n) is 3.92. The molecule has 2 N–H and O–H groups in total. The normalized spacial score (nSPS) is 10.6. The molecule has 0 radical (unpaired) electrons. The van der Waals surface area contributed by atoms with Crippen LogP contribution in [0.3, 0.4) is 0 Å². The van der Waals surface area contributed by atoms with Crippen LogP contribution in [0.2, 0.25) is 0 Å². The molecule has 0 saturated heterocycles. The number of ether oxygens (including phenoxy) is 1. The predicted molar refractivity (Wildman–Crippen MR) is 109 cm³/mol. The van der Waals surface area contributed by atoms with E-state index in [9.17, 15) is 0 Å². The maximum absolute atomic E-state index is 5.21. The number of aromatic nitrogens is 5. The Morgan fingerprint density at radius 1 is 1.14 bits per heavy atom. The van der Waals surface area contributed by atoms with Crippen LogP contribution in [0.1, 0.15) is 6.92 Å². The van der Waals surface area contributed by atoms with Crippen molar-refractivity contribution in [1.82, 2.24) is 24.6 Å². The summed E-state index contributed by atoms with van der Waals surface area (Å²) in [6.45, 7) is 5.72. The van der Waals surface area contributed by atoms with E-state index in [1.165, 1.54) is 0 Å². The fourth-order valence-electron chi connectivity index (χ4n) is 2.72. The van der Waals surface area contributed by atoms with Crippen LogP contribution < -0.4 is 15.4 Å². The van der Waals surface area contributed by atoms with Crippen molar-refractivity contribution in [2.45, 2.75) is 6.92 Å². The molecule has 0 spiro atoms. The standard InChI is InChI=1S/C20H19N7O/c1-13(2)22-17-12-14(9-10-21-17)23-20-16-7-5-11-27(16)26-19(25-20)15-6-4-8-18(24-15)28-3/h4-12H,1H2,2-3H3,(H2,21,22,23,25,26). The predicted octanol–water partition coefficient (Wildman–Crippen LogP) is 3.88. The lowest BCUT2D eigenvalue weighted by Crippen LogP contribution is -2.05. The highest BCUT2D eigenvalue weighted by Gasteiger charge is 2.12. The summed E-state index contributed by atoms with van der Waals surface area (Å²) in [5.74, 6) is 2.35. The van der Waals surface area contributed by atoms with Crippen molar-refractivity contribution < 1.29 is 4.74 Å². The second-order valence-electron chi connectivity index (χ2n) is 6.15. The van der Waals surface area contributed by atoms with Crippen molar-refractivity contribution in [3.63, 3.8) is 0 Å². The molecule has 4 rings (SSSR count). The maximum Gasteiger partial charge on any atom is 0.213 e. The molecule has 0 unspecified atom stereocenters. The van der Waals surface area contributed by atoms with Gasteiger partial charge in [0.1, 0.15) is 17.0 Å². The molecule has 4 aromatic heterocycles. The number of methoxy groups -OCH3 is 1. The van der Waals surface area contributed by atoms with E-state index in [0.717, 1.165) is 16.9 Å². The van der Waals surface area contributed by atoms with Crippen molar-refractivity contribution in [3.8, 4) is 17.4 Å². The van der Waals surface area contributed by atoms with Gasteiger partial charge in [-0.2, -0.15) is 0 Å². The van der Waals surface area contributed by atoms with Gasteiger partial charge in [0, 0.05) is 35.9 Å². The molecule has 0 aliphatic heterocycles. The number of nitrogens with zero attached hydrogens (tertiary/aromatic N) is 5. The molecule has 0 saturated carbocycles. The molecule has 0 atom stereocenters. The van der Waals surface area contributed by atoms with Crippen LogP contribution in [0.25, 0.3) is 17.0 Å². The summed E-state index contributed by atoms with van der Waals surface area (Å²) in [4.78, 5) is 13.4. The number of rotatable bonds is 6. The minimum atomic E-state index is 0.486. The summed E-state index contributed by atoms with van der Waals surface area (Å²) in [6, 6.07) is 13.1. The Labute approximate surface area is 161 Å². The number of pyridine rings is 2. The van der Waals surface area contributed by atoms with Gasteiger partial charge in [-0.3, -0.25) is 0 Å². The summed E-state index contributed by atoms with van der Waals surface area (Å²) in [5, 5.41) is 11.0. The average Bonchev–Trinajstić information content (AvgIpc) is 3.17. The number of fused-ring (bicyclic) bond motifs is 1. The van der Waals surface area contributed by atoms with E-state index < -0.39 is 0 Å². The zero-order valence-electron chi connectivity index (χ0n) is 15.5. The van der Waals surface area contributed by atoms with Gasteiger partial charge in [-0.15, -0.1) is 5.10 Å². The van der Waals surface area contributed by atoms with Crippen LogP contribution in [-0.4, -0.2) is 31.7 Å². The van der Waals surface area contributed by atoms with Crippen LogP contribution in [0.15, 0.2) is 67.1 Å². The minimum absolute atomic E-state index is 0.486. The molecule has 0 aliphatic carbocycles. The molecule has 28 heavy (non-hydrogen) atoms. The van der Waals surface area contributed by atoms with Crippen LogP contribution in [0.5, 0.6) is 5.88 Å². The van der Waals surface area contributed by atoms with Gasteiger partial charge < -0.3 is 15.4 Å². The van der Waals surface area contributed by atoms with E-state index in [4.69, 9.17) is 4.74 Å². The smallest absolute Gasteiger partial charge is 0.213 e. The summed E-state index contributed by atoms with van der Waals surface area (Å²) in [7, 11) is 1.58. The van der Waals surface area contributed by atoms with Gasteiger partial charge in [-0.1, -0.05) is 12.6 Å². The van der Waals surface area contributed by atoms with Crippen LogP contribution >= 0.6 is 0 Å². The minimum Gasteiger partial charge on any atom is -0.481 e. The van der Waals surface area contributed by atoms with Gasteiger partial charge in [0.05, 0.1) is 7.11 Å². The Morgan fingerprint density at radius 3 is 2.86 bits per heavy atom. The third kappa shape index (κ3) is 3.61. The first-order chi connectivity index (χ1) is 13.6. The van der Waals surface area contributed by atoms with E-state index in [1.54, 1.807) is 23.9 Å². The van der Waals surface area contributed by atoms with Crippen LogP contribution in [0.4, 0.5) is 17.3 Å². The molecule has 140 valence electrons. The lowest BCUT2D eigenvalue weighted by Gasteiger charge is -2.11. The monoisotopic (exact) mass is 373 g/mol. The van der Waals surface area contributed by atoms with Gasteiger partial charge >= 0.3 is 0 Å². The van der Waals surface area contributed by atoms with E-state index in [0.29, 0.717) is 29.0 Å². The van der Waals surface area contributed by atoms with Crippen molar-refractivity contribution in [2.24, 2.45) is 0 Å². The second kappa shape index (κ2) is 7.36. The zero-order chi connectivity index (χ0) is 19.5. The van der Waals surface area contributed by atoms with Crippen molar-refractivity contribution in [2.75, 3.05) is 17.7 Å². The first-order valence-electron chi connectivity index (χ1n) is 8.65. The fraction of sp³-hybridized carbons (Fsp3) is 0.100. The summed E-state index contributed by atoms with van der Waals surface area (Å²) in [5.41, 5.74) is 3.12. The highest BCUT2D eigenvalue weighted by Crippen LogP contribution is 2.24. The second-order valence-corrected chi connectivity index (χ2v) is 6.15. The number of nitrogens with one attached hydrogen (secondary N) is 2. The number of hydrogen-bond donors (Lipinski definition) is 2. The van der Waals surface area contributed by atoms with Gasteiger partial charge in [0.15, 0.2) is 5.82 Å². The van der Waals surface area contributed by atoms with Crippen LogP contribution in [0, 0.1) is 0 Å². The van der Waals surface area contributed by atoms with E-state index in [2.05, 4.69) is 37.3 Å². The van der Waals surface area contributed by atoms with Gasteiger partial charge in [-0.05, 0) is 31.2 Å². The quantitative estimate of drug-likeness (QED) is 0.530. The fourth-order valence-corrected chi connectivity index (χ4v) is 2.72. The molecule has 4 aromatic rings. The Kier molecular flexibility index (Phi) is 4.59. The Morgan fingerprint density at radius 2 is 2.04 bits per heavy atom. The largest absolute Gasteiger partial charge is 0.481 e. The van der Waals surface area contributed by atoms with Crippen molar-refractivity contribution >= 4 is 22.8 Å². The first kappa shape index (κ1) is 17.5. The highest BCUT2D eigenvalue weighted by atomic mass is 16.5. The maximum atomic E-state index is 5.21. The third-order valence-corrected chi connectivity index (χ3v) is 3.92. The molecule has 0 fully saturated rings. The SMILES string of the molecule is C=C(C)Nc1cc(Nc2nc(-c3cccc(OC)n3)nn3cccc23)ccn1. The van der Waals surface area contributed by atoms with Gasteiger partial charge in [0.2, 0.25) is 11.7 Å². The topological polar surface area (TPSA) is 89.3 Å². The number of anilines is 3. The van der Waals surface area contributed by atoms with E-state index >= 15 is 0 Å². The number of hydrogen-bond acceptors (Lipinski definition) is 7. The number of allylic oxidation sites excluding steroid dienone is 1. The van der Waals surface area contributed by atoms with E-state index in [1.807, 2.05) is 49.5 Å². The molecule has 0 aliphatic rings. The first-order valence-corrected chi connectivity index (χ1v) is 8.65. The summed E-state index contributed by atoms with van der Waals surface area (Å²) < 4.78 is 6.97. The van der Waals surface area contributed by atoms with Crippen molar-refractivity contribution in [1.29, 1.82) is 0 Å². The average molecular weight is 373 g/mol. The summed E-state index contributed by atoms with van der Waals surface area (Å²) in [6.07, 6.45) is 3.58. The Balaban J connectivity index is 1.74. The van der Waals surface area contributed by atoms with E-state index in [-0.39, 0.29) is 0 Å². The molecular weight excluding hydrogens is 354 g/mol. The zero-order valence-corrected chi connectivity index (χ0v) is 15.5. The molecule has 0 bridgehead atoms. The lowest BCUT2D eigenvalue weighted by molar-refractivity contribution is 0.398. The Hall–Kier alpha value is -3.94. The molecule has 4 heterocycles. The summed E-state index contributed by atoms with van der Waals surface area (Å²) >= 11 is 0. The molecule has 8 heteroatoms. The Bertz CT molecular complexity index is 1150. The van der Waals surface area contributed by atoms with Gasteiger partial charge in [0.25, 0.3) is 0 Å². The molecule has 0 amide bonds. The lowest BCUT2D eigenvalue weighted by atomic mass is 10.3.